The molecule has 1 fully saturated rings. The first-order chi connectivity index (χ1) is 7.90. The number of carbonyl (C=O) groups is 1. The molecule has 1 heterocycles. The van der Waals surface area contributed by atoms with Crippen LogP contribution in [0.4, 0.5) is 0 Å². The zero-order chi connectivity index (χ0) is 12.6. The quantitative estimate of drug-likeness (QED) is 0.751. The van der Waals surface area contributed by atoms with Gasteiger partial charge in [0.2, 0.25) is 0 Å². The van der Waals surface area contributed by atoms with Crippen molar-refractivity contribution in [3.63, 3.8) is 0 Å². The van der Waals surface area contributed by atoms with E-state index in [9.17, 15) is 4.79 Å². The minimum Gasteiger partial charge on any atom is -0.460 e. The molecular weight excluding hydrogens is 218 g/mol. The number of carbonyl (C=O) groups excluding carboxylic acids is 1. The van der Waals surface area contributed by atoms with Gasteiger partial charge in [0.1, 0.15) is 5.60 Å². The normalized spacial score (nSPS) is 23.5. The summed E-state index contributed by atoms with van der Waals surface area (Å²) in [4.78, 5) is 11.8. The van der Waals surface area contributed by atoms with Crippen LogP contribution >= 0.6 is 0 Å². The number of hydrogen-bond acceptors (Lipinski definition) is 4. The minimum absolute atomic E-state index is 0.0313. The van der Waals surface area contributed by atoms with E-state index in [0.717, 1.165) is 18.7 Å². The third-order valence-corrected chi connectivity index (χ3v) is 2.76. The lowest BCUT2D eigenvalue weighted by Gasteiger charge is -2.19. The molecule has 1 aromatic rings. The summed E-state index contributed by atoms with van der Waals surface area (Å²) in [5, 5.41) is 8.06. The van der Waals surface area contributed by atoms with Crippen LogP contribution in [0.2, 0.25) is 0 Å². The Kier molecular flexibility index (Phi) is 2.93. The highest BCUT2D eigenvalue weighted by atomic mass is 16.6. The van der Waals surface area contributed by atoms with Crippen molar-refractivity contribution in [3.05, 3.63) is 11.9 Å². The van der Waals surface area contributed by atoms with E-state index < -0.39 is 5.60 Å². The van der Waals surface area contributed by atoms with Gasteiger partial charge in [0, 0.05) is 18.7 Å². The van der Waals surface area contributed by atoms with E-state index in [1.54, 1.807) is 4.68 Å². The van der Waals surface area contributed by atoms with Crippen molar-refractivity contribution in [2.45, 2.75) is 52.2 Å². The number of rotatable bonds is 3. The van der Waals surface area contributed by atoms with E-state index in [1.165, 1.54) is 0 Å². The Morgan fingerprint density at radius 3 is 2.82 bits per heavy atom. The van der Waals surface area contributed by atoms with E-state index in [0.29, 0.717) is 0 Å². The molecule has 0 bridgehead atoms. The van der Waals surface area contributed by atoms with Gasteiger partial charge >= 0.3 is 5.97 Å². The Labute approximate surface area is 101 Å². The van der Waals surface area contributed by atoms with Crippen molar-refractivity contribution < 1.29 is 9.53 Å². The molecule has 0 saturated heterocycles. The lowest BCUT2D eigenvalue weighted by molar-refractivity contribution is -0.156. The maximum atomic E-state index is 11.8. The molecule has 1 aliphatic carbocycles. The van der Waals surface area contributed by atoms with Gasteiger partial charge in [-0.05, 0) is 34.1 Å². The number of hydrogen-bond donors (Lipinski definition) is 0. The summed E-state index contributed by atoms with van der Waals surface area (Å²) in [5.41, 5.74) is 0.494. The van der Waals surface area contributed by atoms with E-state index >= 15 is 0 Å². The van der Waals surface area contributed by atoms with Gasteiger partial charge in [0.15, 0.2) is 0 Å². The molecule has 0 amide bonds. The third-order valence-electron chi connectivity index (χ3n) is 2.76. The van der Waals surface area contributed by atoms with Gasteiger partial charge in [-0.1, -0.05) is 5.21 Å². The molecule has 94 valence electrons. The van der Waals surface area contributed by atoms with E-state index in [4.69, 9.17) is 4.74 Å². The maximum absolute atomic E-state index is 11.8. The standard InChI is InChI=1S/C12H19N3O2/c1-5-15-7-10(13-14-15)8-6-9(8)11(16)17-12(2,3)4/h7-9H,5-6H2,1-4H3/t8-,9-/m0/s1. The van der Waals surface area contributed by atoms with E-state index in [1.807, 2.05) is 33.9 Å². The van der Waals surface area contributed by atoms with Crippen molar-refractivity contribution in [1.29, 1.82) is 0 Å². The zero-order valence-electron chi connectivity index (χ0n) is 10.8. The number of esters is 1. The SMILES string of the molecule is CCn1cc([C@H]2C[C@@H]2C(=O)OC(C)(C)C)nn1. The van der Waals surface area contributed by atoms with Crippen LogP contribution in [0.3, 0.4) is 0 Å². The summed E-state index contributed by atoms with van der Waals surface area (Å²) in [5.74, 6) is 0.0509. The van der Waals surface area contributed by atoms with Gasteiger partial charge in [-0.15, -0.1) is 5.10 Å². The molecule has 0 aliphatic heterocycles. The Morgan fingerprint density at radius 2 is 2.29 bits per heavy atom. The van der Waals surface area contributed by atoms with Crippen molar-refractivity contribution in [1.82, 2.24) is 15.0 Å². The first-order valence-corrected chi connectivity index (χ1v) is 6.03. The fourth-order valence-corrected chi connectivity index (χ4v) is 1.80. The highest BCUT2D eigenvalue weighted by Crippen LogP contribution is 2.47. The largest absolute Gasteiger partial charge is 0.460 e. The molecule has 0 radical (unpaired) electrons. The Balaban J connectivity index is 1.94. The van der Waals surface area contributed by atoms with Gasteiger partial charge in [0.25, 0.3) is 0 Å². The number of ether oxygens (including phenoxy) is 1. The Morgan fingerprint density at radius 1 is 1.59 bits per heavy atom. The van der Waals surface area contributed by atoms with Gasteiger partial charge in [0.05, 0.1) is 11.6 Å². The predicted molar refractivity (Wildman–Crippen MR) is 62.4 cm³/mol. The van der Waals surface area contributed by atoms with Gasteiger partial charge in [-0.2, -0.15) is 0 Å². The summed E-state index contributed by atoms with van der Waals surface area (Å²) in [6, 6.07) is 0. The molecule has 0 unspecified atom stereocenters. The molecular formula is C12H19N3O2. The average Bonchev–Trinajstić information content (AvgIpc) is 2.87. The Bertz CT molecular complexity index is 420. The van der Waals surface area contributed by atoms with Crippen LogP contribution in [0.1, 0.15) is 45.7 Å². The molecule has 0 N–H and O–H groups in total. The molecule has 17 heavy (non-hydrogen) atoms. The van der Waals surface area contributed by atoms with Crippen molar-refractivity contribution in [2.24, 2.45) is 5.92 Å². The summed E-state index contributed by atoms with van der Waals surface area (Å²) in [6.07, 6.45) is 2.74. The fraction of sp³-hybridized carbons (Fsp3) is 0.750. The first kappa shape index (κ1) is 12.1. The smallest absolute Gasteiger partial charge is 0.310 e. The number of aryl methyl sites for hydroxylation is 1. The fourth-order valence-electron chi connectivity index (χ4n) is 1.80. The van der Waals surface area contributed by atoms with Crippen LogP contribution in [0.15, 0.2) is 6.20 Å². The predicted octanol–water partition coefficient (Wildman–Crippen LogP) is 1.74. The summed E-state index contributed by atoms with van der Waals surface area (Å²) in [7, 11) is 0. The molecule has 5 heteroatoms. The average molecular weight is 237 g/mol. The topological polar surface area (TPSA) is 57.0 Å². The van der Waals surface area contributed by atoms with Gasteiger partial charge in [-0.25, -0.2) is 0 Å². The molecule has 0 spiro atoms. The zero-order valence-corrected chi connectivity index (χ0v) is 10.8. The van der Waals surface area contributed by atoms with Crippen LogP contribution in [0.5, 0.6) is 0 Å². The highest BCUT2D eigenvalue weighted by molar-refractivity contribution is 5.77. The molecule has 2 rings (SSSR count). The lowest BCUT2D eigenvalue weighted by atomic mass is 10.2. The van der Waals surface area contributed by atoms with Crippen molar-refractivity contribution >= 4 is 5.97 Å². The highest BCUT2D eigenvalue weighted by Gasteiger charge is 2.47. The molecule has 5 nitrogen and oxygen atoms in total. The monoisotopic (exact) mass is 237 g/mol. The van der Waals surface area contributed by atoms with Crippen molar-refractivity contribution in [2.75, 3.05) is 0 Å². The minimum atomic E-state index is -0.411. The third kappa shape index (κ3) is 2.84. The molecule has 1 aromatic heterocycles. The second kappa shape index (κ2) is 4.13. The van der Waals surface area contributed by atoms with E-state index in [-0.39, 0.29) is 17.8 Å². The molecule has 1 aliphatic rings. The second-order valence-corrected chi connectivity index (χ2v) is 5.48. The Hall–Kier alpha value is -1.39. The van der Waals surface area contributed by atoms with Crippen LogP contribution < -0.4 is 0 Å². The summed E-state index contributed by atoms with van der Waals surface area (Å²) in [6.45, 7) is 8.47. The number of nitrogens with zero attached hydrogens (tertiary/aromatic N) is 3. The maximum Gasteiger partial charge on any atom is 0.310 e. The summed E-state index contributed by atoms with van der Waals surface area (Å²) >= 11 is 0. The molecule has 1 saturated carbocycles. The first-order valence-electron chi connectivity index (χ1n) is 6.03. The van der Waals surface area contributed by atoms with E-state index in [2.05, 4.69) is 10.3 Å². The van der Waals surface area contributed by atoms with Gasteiger partial charge in [-0.3, -0.25) is 9.48 Å². The van der Waals surface area contributed by atoms with Crippen LogP contribution in [-0.4, -0.2) is 26.6 Å². The van der Waals surface area contributed by atoms with Gasteiger partial charge < -0.3 is 4.74 Å². The molecule has 2 atom stereocenters. The second-order valence-electron chi connectivity index (χ2n) is 5.48. The number of aromatic nitrogens is 3. The van der Waals surface area contributed by atoms with Crippen LogP contribution in [0.25, 0.3) is 0 Å². The van der Waals surface area contributed by atoms with Crippen molar-refractivity contribution in [3.8, 4) is 0 Å². The van der Waals surface area contributed by atoms with Crippen LogP contribution in [-0.2, 0) is 16.1 Å². The summed E-state index contributed by atoms with van der Waals surface area (Å²) < 4.78 is 7.13. The van der Waals surface area contributed by atoms with Crippen LogP contribution in [0, 0.1) is 5.92 Å². The lowest BCUT2D eigenvalue weighted by Crippen LogP contribution is -2.25. The molecule has 0 aromatic carbocycles.